The highest BCUT2D eigenvalue weighted by Crippen LogP contribution is 2.22. The molecule has 6 nitrogen and oxygen atoms in total. The second-order valence-corrected chi connectivity index (χ2v) is 5.43. The summed E-state index contributed by atoms with van der Waals surface area (Å²) in [5.74, 6) is -1.98. The number of likely N-dealkylation sites (N-methyl/N-ethyl adjacent to an activating group) is 1. The van der Waals surface area contributed by atoms with Crippen molar-refractivity contribution >= 4 is 17.8 Å². The van der Waals surface area contributed by atoms with E-state index in [9.17, 15) is 14.4 Å². The van der Waals surface area contributed by atoms with E-state index in [2.05, 4.69) is 5.32 Å². The Morgan fingerprint density at radius 3 is 2.33 bits per heavy atom. The van der Waals surface area contributed by atoms with Crippen LogP contribution in [-0.2, 0) is 9.59 Å². The first-order chi connectivity index (χ1) is 9.90. The average Bonchev–Trinajstić information content (AvgIpc) is 2.40. The maximum atomic E-state index is 12.5. The third-order valence-electron chi connectivity index (χ3n) is 3.43. The van der Waals surface area contributed by atoms with Gasteiger partial charge in [-0.2, -0.15) is 0 Å². The van der Waals surface area contributed by atoms with Crippen LogP contribution in [0.15, 0.2) is 24.3 Å². The largest absolute Gasteiger partial charge is 0.330 e. The van der Waals surface area contributed by atoms with Crippen molar-refractivity contribution in [3.8, 4) is 0 Å². The molecule has 1 unspecified atom stereocenters. The molecule has 0 radical (unpaired) electrons. The predicted molar refractivity (Wildman–Crippen MR) is 77.7 cm³/mol. The highest BCUT2D eigenvalue weighted by Gasteiger charge is 2.41. The van der Waals surface area contributed by atoms with Crippen LogP contribution in [0.1, 0.15) is 17.0 Å². The Kier molecular flexibility index (Phi) is 4.37. The topological polar surface area (TPSA) is 69.7 Å². The van der Waals surface area contributed by atoms with Crippen molar-refractivity contribution in [1.29, 1.82) is 0 Å². The summed E-state index contributed by atoms with van der Waals surface area (Å²) in [6.45, 7) is 2.74. The second kappa shape index (κ2) is 6.05. The van der Waals surface area contributed by atoms with Crippen LogP contribution in [0.3, 0.4) is 0 Å². The summed E-state index contributed by atoms with van der Waals surface area (Å²) in [7, 11) is 3.71. The van der Waals surface area contributed by atoms with E-state index in [0.717, 1.165) is 10.5 Å². The van der Waals surface area contributed by atoms with Crippen molar-refractivity contribution in [2.45, 2.75) is 12.8 Å². The summed E-state index contributed by atoms with van der Waals surface area (Å²) < 4.78 is 0. The number of carbonyl (C=O) groups is 3. The molecule has 1 saturated heterocycles. The fourth-order valence-corrected chi connectivity index (χ4v) is 2.18. The molecule has 2 rings (SSSR count). The molecule has 1 N–H and O–H groups in total. The van der Waals surface area contributed by atoms with Crippen LogP contribution >= 0.6 is 0 Å². The number of benzene rings is 1. The van der Waals surface area contributed by atoms with Crippen LogP contribution in [0.2, 0.25) is 0 Å². The SMILES string of the molecule is Cc1ccc(C2C(=O)NC(=O)N(CCN(C)C)C2=O)cc1. The lowest BCUT2D eigenvalue weighted by Crippen LogP contribution is -2.57. The molecule has 1 heterocycles. The van der Waals surface area contributed by atoms with Crippen LogP contribution in [0.5, 0.6) is 0 Å². The van der Waals surface area contributed by atoms with Gasteiger partial charge >= 0.3 is 6.03 Å². The average molecular weight is 289 g/mol. The summed E-state index contributed by atoms with van der Waals surface area (Å²) in [6, 6.07) is 6.54. The lowest BCUT2D eigenvalue weighted by molar-refractivity contribution is -0.138. The van der Waals surface area contributed by atoms with E-state index in [-0.39, 0.29) is 6.54 Å². The van der Waals surface area contributed by atoms with Gasteiger partial charge < -0.3 is 4.90 Å². The Hall–Kier alpha value is -2.21. The number of hydrogen-bond acceptors (Lipinski definition) is 4. The molecule has 0 spiro atoms. The van der Waals surface area contributed by atoms with Crippen molar-refractivity contribution in [3.05, 3.63) is 35.4 Å². The monoisotopic (exact) mass is 289 g/mol. The number of nitrogens with one attached hydrogen (secondary N) is 1. The summed E-state index contributed by atoms with van der Waals surface area (Å²) in [5.41, 5.74) is 1.65. The summed E-state index contributed by atoms with van der Waals surface area (Å²) in [4.78, 5) is 39.3. The van der Waals surface area contributed by atoms with Crippen molar-refractivity contribution in [3.63, 3.8) is 0 Å². The van der Waals surface area contributed by atoms with E-state index in [1.807, 2.05) is 38.1 Å². The summed E-state index contributed by atoms with van der Waals surface area (Å²) in [6.07, 6.45) is 0. The summed E-state index contributed by atoms with van der Waals surface area (Å²) in [5, 5.41) is 2.26. The maximum absolute atomic E-state index is 12.5. The predicted octanol–water partition coefficient (Wildman–Crippen LogP) is 0.719. The fraction of sp³-hybridized carbons (Fsp3) is 0.400. The van der Waals surface area contributed by atoms with Gasteiger partial charge in [0.05, 0.1) is 0 Å². The van der Waals surface area contributed by atoms with Crippen LogP contribution < -0.4 is 5.32 Å². The van der Waals surface area contributed by atoms with Gasteiger partial charge in [0.15, 0.2) is 0 Å². The Morgan fingerprint density at radius 1 is 1.14 bits per heavy atom. The molecule has 112 valence electrons. The molecule has 0 bridgehead atoms. The number of amides is 4. The zero-order valence-corrected chi connectivity index (χ0v) is 12.4. The first kappa shape index (κ1) is 15.2. The molecule has 1 aliphatic rings. The van der Waals surface area contributed by atoms with E-state index in [1.54, 1.807) is 12.1 Å². The maximum Gasteiger partial charge on any atom is 0.330 e. The number of imide groups is 2. The van der Waals surface area contributed by atoms with Gasteiger partial charge in [0.1, 0.15) is 5.92 Å². The minimum atomic E-state index is -0.953. The van der Waals surface area contributed by atoms with E-state index < -0.39 is 23.8 Å². The van der Waals surface area contributed by atoms with E-state index in [0.29, 0.717) is 12.1 Å². The molecule has 4 amide bonds. The molecule has 1 aromatic rings. The number of rotatable bonds is 4. The van der Waals surface area contributed by atoms with Gasteiger partial charge in [-0.3, -0.25) is 19.8 Å². The Bertz CT molecular complexity index is 566. The molecule has 1 aliphatic heterocycles. The summed E-state index contributed by atoms with van der Waals surface area (Å²) >= 11 is 0. The zero-order chi connectivity index (χ0) is 15.6. The van der Waals surface area contributed by atoms with Gasteiger partial charge in [0, 0.05) is 13.1 Å². The van der Waals surface area contributed by atoms with E-state index >= 15 is 0 Å². The number of hydrogen-bond donors (Lipinski definition) is 1. The molecule has 0 aromatic heterocycles. The van der Waals surface area contributed by atoms with Crippen molar-refractivity contribution < 1.29 is 14.4 Å². The van der Waals surface area contributed by atoms with E-state index in [4.69, 9.17) is 0 Å². The molecule has 21 heavy (non-hydrogen) atoms. The fourth-order valence-electron chi connectivity index (χ4n) is 2.18. The Balaban J connectivity index is 2.24. The quantitative estimate of drug-likeness (QED) is 0.829. The molecular formula is C15H19N3O3. The van der Waals surface area contributed by atoms with Crippen molar-refractivity contribution in [2.75, 3.05) is 27.2 Å². The minimum Gasteiger partial charge on any atom is -0.308 e. The van der Waals surface area contributed by atoms with Gasteiger partial charge in [0.2, 0.25) is 11.8 Å². The smallest absolute Gasteiger partial charge is 0.308 e. The number of urea groups is 1. The van der Waals surface area contributed by atoms with Crippen LogP contribution in [0.25, 0.3) is 0 Å². The lowest BCUT2D eigenvalue weighted by Gasteiger charge is -2.31. The highest BCUT2D eigenvalue weighted by atomic mass is 16.2. The minimum absolute atomic E-state index is 0.257. The third kappa shape index (κ3) is 3.28. The van der Waals surface area contributed by atoms with Crippen molar-refractivity contribution in [2.24, 2.45) is 0 Å². The van der Waals surface area contributed by atoms with Gasteiger partial charge in [-0.05, 0) is 26.6 Å². The standard InChI is InChI=1S/C15H19N3O3/c1-10-4-6-11(7-5-10)12-13(19)16-15(21)18(14(12)20)9-8-17(2)3/h4-7,12H,8-9H2,1-3H3,(H,16,19,21). The van der Waals surface area contributed by atoms with Gasteiger partial charge in [-0.1, -0.05) is 29.8 Å². The molecule has 0 saturated carbocycles. The van der Waals surface area contributed by atoms with Gasteiger partial charge in [-0.25, -0.2) is 4.79 Å². The molecular weight excluding hydrogens is 270 g/mol. The Morgan fingerprint density at radius 2 is 1.76 bits per heavy atom. The molecule has 1 atom stereocenters. The lowest BCUT2D eigenvalue weighted by atomic mass is 9.94. The van der Waals surface area contributed by atoms with Crippen LogP contribution in [0.4, 0.5) is 4.79 Å². The first-order valence-electron chi connectivity index (χ1n) is 6.77. The highest BCUT2D eigenvalue weighted by molar-refractivity contribution is 6.19. The normalized spacial score (nSPS) is 19.1. The number of carbonyl (C=O) groups excluding carboxylic acids is 3. The third-order valence-corrected chi connectivity index (χ3v) is 3.43. The Labute approximate surface area is 123 Å². The van der Waals surface area contributed by atoms with Crippen LogP contribution in [0, 0.1) is 6.92 Å². The second-order valence-electron chi connectivity index (χ2n) is 5.43. The number of aryl methyl sites for hydroxylation is 1. The van der Waals surface area contributed by atoms with Gasteiger partial charge in [0.25, 0.3) is 0 Å². The number of barbiturate groups is 1. The van der Waals surface area contributed by atoms with E-state index in [1.165, 1.54) is 0 Å². The van der Waals surface area contributed by atoms with Crippen molar-refractivity contribution in [1.82, 2.24) is 15.1 Å². The number of nitrogens with zero attached hydrogens (tertiary/aromatic N) is 2. The van der Waals surface area contributed by atoms with Gasteiger partial charge in [-0.15, -0.1) is 0 Å². The first-order valence-corrected chi connectivity index (χ1v) is 6.77. The molecule has 1 fully saturated rings. The molecule has 6 heteroatoms. The van der Waals surface area contributed by atoms with Crippen LogP contribution in [-0.4, -0.2) is 54.8 Å². The molecule has 1 aromatic carbocycles. The molecule has 0 aliphatic carbocycles. The zero-order valence-electron chi connectivity index (χ0n) is 12.4.